The molecule has 3 heterocycles. The van der Waals surface area contributed by atoms with E-state index in [9.17, 15) is 14.3 Å². The lowest BCUT2D eigenvalue weighted by Gasteiger charge is -2.24. The van der Waals surface area contributed by atoms with Gasteiger partial charge in [0.1, 0.15) is 18.4 Å². The number of hydrogen-bond acceptors (Lipinski definition) is 7. The molecule has 2 aromatic heterocycles. The SMILES string of the molecule is CC1C(/C=C/C(=O)N[C@H]2CCCCC(O)Nc3cc(F)ccc3-c3ccnc2c3)=C(n2cnnn2)C=CC1Cl. The van der Waals surface area contributed by atoms with E-state index in [-0.39, 0.29) is 23.2 Å². The van der Waals surface area contributed by atoms with Gasteiger partial charge in [-0.1, -0.05) is 25.5 Å². The van der Waals surface area contributed by atoms with Gasteiger partial charge in [-0.05, 0) is 77.2 Å². The number of allylic oxidation sites excluding steroid dienone is 5. The first-order valence-electron chi connectivity index (χ1n) is 12.9. The van der Waals surface area contributed by atoms with E-state index in [2.05, 4.69) is 31.1 Å². The highest BCUT2D eigenvalue weighted by Crippen LogP contribution is 2.33. The van der Waals surface area contributed by atoms with Gasteiger partial charge in [-0.25, -0.2) is 9.07 Å². The zero-order valence-corrected chi connectivity index (χ0v) is 22.1. The van der Waals surface area contributed by atoms with Crippen LogP contribution in [-0.2, 0) is 4.79 Å². The molecule has 0 radical (unpaired) electrons. The molecule has 9 nitrogen and oxygen atoms in total. The summed E-state index contributed by atoms with van der Waals surface area (Å²) in [6.45, 7) is 1.98. The fourth-order valence-electron chi connectivity index (χ4n) is 4.88. The summed E-state index contributed by atoms with van der Waals surface area (Å²) in [4.78, 5) is 17.7. The number of benzene rings is 1. The van der Waals surface area contributed by atoms with Crippen LogP contribution in [0, 0.1) is 11.7 Å². The molecule has 2 aliphatic rings. The maximum absolute atomic E-state index is 14.0. The second-order valence-corrected chi connectivity index (χ2v) is 10.2. The number of alkyl halides is 1. The van der Waals surface area contributed by atoms with Crippen LogP contribution in [0.3, 0.4) is 0 Å². The first-order chi connectivity index (χ1) is 18.9. The summed E-state index contributed by atoms with van der Waals surface area (Å²) in [6, 6.07) is 7.80. The molecule has 4 atom stereocenters. The van der Waals surface area contributed by atoms with Crippen LogP contribution < -0.4 is 10.6 Å². The average molecular weight is 550 g/mol. The molecule has 202 valence electrons. The van der Waals surface area contributed by atoms with E-state index in [1.165, 1.54) is 24.5 Å². The smallest absolute Gasteiger partial charge is 0.244 e. The van der Waals surface area contributed by atoms with Crippen LogP contribution in [0.2, 0.25) is 0 Å². The number of nitrogens with one attached hydrogen (secondary N) is 2. The highest BCUT2D eigenvalue weighted by atomic mass is 35.5. The number of fused-ring (bicyclic) bond motifs is 4. The van der Waals surface area contributed by atoms with Crippen LogP contribution in [0.25, 0.3) is 16.8 Å². The standard InChI is InChI=1S/C28H29ClFN7O2/c1-17-20(26(10-9-22(17)29)37-16-32-35-36-37)8-11-28(39)33-23-4-2-3-5-27(38)34-24-15-19(30)6-7-21(24)18-12-13-31-25(23)14-18/h6-17,22-23,27,34,38H,2-5H2,1H3,(H,33,39)/b11-8+/t17?,22?,23-,27?/m0/s1. The topological polar surface area (TPSA) is 118 Å². The van der Waals surface area contributed by atoms with Crippen molar-refractivity contribution in [2.75, 3.05) is 5.32 Å². The van der Waals surface area contributed by atoms with E-state index in [1.54, 1.807) is 23.0 Å². The predicted octanol–water partition coefficient (Wildman–Crippen LogP) is 4.62. The Morgan fingerprint density at radius 2 is 2.10 bits per heavy atom. The largest absolute Gasteiger partial charge is 0.374 e. The van der Waals surface area contributed by atoms with Crippen LogP contribution in [0.4, 0.5) is 10.1 Å². The Morgan fingerprint density at radius 3 is 2.92 bits per heavy atom. The Morgan fingerprint density at radius 1 is 1.26 bits per heavy atom. The van der Waals surface area contributed by atoms with Gasteiger partial charge in [-0.15, -0.1) is 16.7 Å². The maximum Gasteiger partial charge on any atom is 0.244 e. The first-order valence-corrected chi connectivity index (χ1v) is 13.3. The molecule has 5 rings (SSSR count). The van der Waals surface area contributed by atoms with E-state index < -0.39 is 12.0 Å². The van der Waals surface area contributed by atoms with Gasteiger partial charge in [-0.2, -0.15) is 0 Å². The van der Waals surface area contributed by atoms with Crippen LogP contribution in [0.15, 0.2) is 72.7 Å². The van der Waals surface area contributed by atoms with Crippen molar-refractivity contribution in [3.63, 3.8) is 0 Å². The number of tetrazole rings is 1. The van der Waals surface area contributed by atoms with Crippen molar-refractivity contribution in [3.05, 3.63) is 84.2 Å². The summed E-state index contributed by atoms with van der Waals surface area (Å²) < 4.78 is 15.5. The van der Waals surface area contributed by atoms with E-state index in [1.807, 2.05) is 31.2 Å². The van der Waals surface area contributed by atoms with E-state index in [4.69, 9.17) is 11.6 Å². The Bertz CT molecular complexity index is 1420. The Hall–Kier alpha value is -3.89. The number of carbonyl (C=O) groups excluding carboxylic acids is 1. The van der Waals surface area contributed by atoms with Crippen molar-refractivity contribution >= 4 is 28.9 Å². The number of aromatic nitrogens is 5. The highest BCUT2D eigenvalue weighted by molar-refractivity contribution is 6.22. The van der Waals surface area contributed by atoms with E-state index in [0.717, 1.165) is 28.8 Å². The summed E-state index contributed by atoms with van der Waals surface area (Å²) in [7, 11) is 0. The fourth-order valence-corrected chi connectivity index (χ4v) is 5.09. The minimum atomic E-state index is -0.817. The molecule has 1 amide bonds. The van der Waals surface area contributed by atoms with Crippen molar-refractivity contribution in [2.45, 2.75) is 50.3 Å². The van der Waals surface area contributed by atoms with Gasteiger partial charge in [0, 0.05) is 29.4 Å². The minimum Gasteiger partial charge on any atom is -0.374 e. The first kappa shape index (κ1) is 26.7. The lowest BCUT2D eigenvalue weighted by atomic mass is 9.90. The Kier molecular flexibility index (Phi) is 8.13. The number of pyridine rings is 1. The van der Waals surface area contributed by atoms with Crippen molar-refractivity contribution in [1.29, 1.82) is 0 Å². The van der Waals surface area contributed by atoms with Crippen LogP contribution >= 0.6 is 11.6 Å². The maximum atomic E-state index is 14.0. The summed E-state index contributed by atoms with van der Waals surface area (Å²) in [5, 5.41) is 27.8. The van der Waals surface area contributed by atoms with Gasteiger partial charge in [0.15, 0.2) is 0 Å². The van der Waals surface area contributed by atoms with Crippen molar-refractivity contribution < 1.29 is 14.3 Å². The number of aliphatic hydroxyl groups is 1. The molecule has 0 saturated carbocycles. The summed E-state index contributed by atoms with van der Waals surface area (Å²) >= 11 is 6.47. The minimum absolute atomic E-state index is 0.0652. The third kappa shape index (κ3) is 6.23. The quantitative estimate of drug-likeness (QED) is 0.321. The third-order valence-electron chi connectivity index (χ3n) is 7.00. The summed E-state index contributed by atoms with van der Waals surface area (Å²) in [5.74, 6) is -0.738. The zero-order chi connectivity index (χ0) is 27.4. The lowest BCUT2D eigenvalue weighted by molar-refractivity contribution is -0.117. The number of anilines is 1. The molecule has 1 aliphatic carbocycles. The normalized spacial score (nSPS) is 23.5. The number of amides is 1. The third-order valence-corrected chi connectivity index (χ3v) is 7.53. The van der Waals surface area contributed by atoms with Gasteiger partial charge in [-0.3, -0.25) is 9.78 Å². The second-order valence-electron chi connectivity index (χ2n) is 9.69. The monoisotopic (exact) mass is 549 g/mol. The van der Waals surface area contributed by atoms with Crippen molar-refractivity contribution in [1.82, 2.24) is 30.5 Å². The molecule has 2 bridgehead atoms. The van der Waals surface area contributed by atoms with Crippen LogP contribution in [0.1, 0.15) is 44.3 Å². The number of rotatable bonds is 4. The number of halogens is 2. The van der Waals surface area contributed by atoms with Crippen molar-refractivity contribution in [3.8, 4) is 11.1 Å². The molecule has 3 unspecified atom stereocenters. The molecular weight excluding hydrogens is 521 g/mol. The number of aliphatic hydroxyl groups excluding tert-OH is 1. The second kappa shape index (κ2) is 11.9. The van der Waals surface area contributed by atoms with E-state index >= 15 is 0 Å². The van der Waals surface area contributed by atoms with Crippen LogP contribution in [0.5, 0.6) is 0 Å². The van der Waals surface area contributed by atoms with Gasteiger partial charge < -0.3 is 15.7 Å². The van der Waals surface area contributed by atoms with Gasteiger partial charge in [0.25, 0.3) is 0 Å². The summed E-state index contributed by atoms with van der Waals surface area (Å²) in [6.07, 6.45) is 11.9. The molecule has 11 heteroatoms. The molecule has 1 aliphatic heterocycles. The zero-order valence-electron chi connectivity index (χ0n) is 21.3. The molecular formula is C28H29ClFN7O2. The molecule has 3 N–H and O–H groups in total. The van der Waals surface area contributed by atoms with E-state index in [0.29, 0.717) is 30.6 Å². The molecule has 0 fully saturated rings. The molecule has 3 aromatic rings. The Balaban J connectivity index is 1.42. The number of carbonyl (C=O) groups is 1. The predicted molar refractivity (Wildman–Crippen MR) is 147 cm³/mol. The summed E-state index contributed by atoms with van der Waals surface area (Å²) in [5.41, 5.74) is 4.33. The average Bonchev–Trinajstić information content (AvgIpc) is 3.46. The highest BCUT2D eigenvalue weighted by Gasteiger charge is 2.24. The molecule has 0 spiro atoms. The molecule has 39 heavy (non-hydrogen) atoms. The fraction of sp³-hybridized carbons (Fsp3) is 0.321. The van der Waals surface area contributed by atoms with Crippen LogP contribution in [-0.4, -0.2) is 47.8 Å². The lowest BCUT2D eigenvalue weighted by Crippen LogP contribution is -2.28. The van der Waals surface area contributed by atoms with Gasteiger partial charge in [0.2, 0.25) is 5.91 Å². The van der Waals surface area contributed by atoms with Gasteiger partial charge >= 0.3 is 0 Å². The molecule has 0 saturated heterocycles. The number of nitrogens with zero attached hydrogens (tertiary/aromatic N) is 5. The Labute approximate surface area is 230 Å². The van der Waals surface area contributed by atoms with Gasteiger partial charge in [0.05, 0.1) is 22.8 Å². The van der Waals surface area contributed by atoms with Crippen molar-refractivity contribution in [2.24, 2.45) is 5.92 Å². The molecule has 1 aromatic carbocycles. The number of hydrogen-bond donors (Lipinski definition) is 3.